The second-order valence-corrected chi connectivity index (χ2v) is 5.52. The second kappa shape index (κ2) is 6.09. The van der Waals surface area contributed by atoms with Crippen LogP contribution in [-0.2, 0) is 0 Å². The van der Waals surface area contributed by atoms with Crippen LogP contribution in [0, 0.1) is 0 Å². The minimum Gasteiger partial charge on any atom is -0.477 e. The van der Waals surface area contributed by atoms with Crippen LogP contribution in [0.4, 0.5) is 5.82 Å². The molecule has 0 amide bonds. The summed E-state index contributed by atoms with van der Waals surface area (Å²) in [4.78, 5) is 26.4. The van der Waals surface area contributed by atoms with Gasteiger partial charge in [0.1, 0.15) is 11.4 Å². The van der Waals surface area contributed by atoms with Crippen LogP contribution in [-0.4, -0.2) is 38.6 Å². The maximum atomic E-state index is 11.5. The second-order valence-electron chi connectivity index (χ2n) is 5.52. The van der Waals surface area contributed by atoms with E-state index < -0.39 is 5.97 Å². The average Bonchev–Trinajstić information content (AvgIpc) is 2.55. The van der Waals surface area contributed by atoms with Crippen LogP contribution in [0.15, 0.2) is 30.7 Å². The Bertz CT molecular complexity index is 675. The number of pyridine rings is 1. The summed E-state index contributed by atoms with van der Waals surface area (Å²) < 4.78 is 0. The smallest absolute Gasteiger partial charge is 0.341 e. The highest BCUT2D eigenvalue weighted by atomic mass is 16.4. The predicted octanol–water partition coefficient (Wildman–Crippen LogP) is 2.62. The van der Waals surface area contributed by atoms with Crippen LogP contribution in [0.5, 0.6) is 0 Å². The highest BCUT2D eigenvalue weighted by molar-refractivity contribution is 5.93. The summed E-state index contributed by atoms with van der Waals surface area (Å²) in [6, 6.07) is 3.96. The van der Waals surface area contributed by atoms with Gasteiger partial charge in [0.2, 0.25) is 0 Å². The summed E-state index contributed by atoms with van der Waals surface area (Å²) in [5, 5.41) is 9.43. The molecule has 6 nitrogen and oxygen atoms in total. The van der Waals surface area contributed by atoms with Gasteiger partial charge in [-0.2, -0.15) is 0 Å². The normalized spacial score (nSPS) is 18.2. The first-order valence-corrected chi connectivity index (χ1v) is 7.44. The van der Waals surface area contributed by atoms with E-state index in [1.807, 2.05) is 12.1 Å². The Morgan fingerprint density at radius 2 is 2.23 bits per heavy atom. The third-order valence-corrected chi connectivity index (χ3v) is 3.99. The Balaban J connectivity index is 2.07. The lowest BCUT2D eigenvalue weighted by Gasteiger charge is -2.35. The fourth-order valence-corrected chi connectivity index (χ4v) is 2.79. The summed E-state index contributed by atoms with van der Waals surface area (Å²) >= 11 is 0. The molecule has 0 aliphatic carbocycles. The Morgan fingerprint density at radius 1 is 1.36 bits per heavy atom. The zero-order chi connectivity index (χ0) is 15.5. The summed E-state index contributed by atoms with van der Waals surface area (Å²) in [7, 11) is 0. The largest absolute Gasteiger partial charge is 0.477 e. The number of aromatic carboxylic acids is 1. The maximum Gasteiger partial charge on any atom is 0.341 e. The minimum atomic E-state index is -0.995. The third-order valence-electron chi connectivity index (χ3n) is 3.99. The van der Waals surface area contributed by atoms with Crippen LogP contribution in [0.1, 0.15) is 36.5 Å². The molecule has 2 aromatic rings. The fraction of sp³-hybridized carbons (Fsp3) is 0.375. The van der Waals surface area contributed by atoms with Crippen molar-refractivity contribution in [3.63, 3.8) is 0 Å². The molecule has 1 fully saturated rings. The number of carboxylic acid groups (broad SMARTS) is 1. The van der Waals surface area contributed by atoms with Crippen molar-refractivity contribution in [3.8, 4) is 11.4 Å². The Hall–Kier alpha value is -2.50. The third kappa shape index (κ3) is 2.77. The van der Waals surface area contributed by atoms with Gasteiger partial charge in [-0.1, -0.05) is 0 Å². The molecular weight excluding hydrogens is 280 g/mol. The van der Waals surface area contributed by atoms with Crippen LogP contribution >= 0.6 is 0 Å². The molecule has 3 rings (SSSR count). The monoisotopic (exact) mass is 298 g/mol. The number of hydrogen-bond acceptors (Lipinski definition) is 5. The van der Waals surface area contributed by atoms with Crippen molar-refractivity contribution in [2.45, 2.75) is 32.2 Å². The molecular formula is C16H18N4O2. The van der Waals surface area contributed by atoms with E-state index in [0.717, 1.165) is 24.9 Å². The van der Waals surface area contributed by atoms with Crippen molar-refractivity contribution in [1.29, 1.82) is 0 Å². The summed E-state index contributed by atoms with van der Waals surface area (Å²) in [5.74, 6) is 0.0185. The van der Waals surface area contributed by atoms with Crippen molar-refractivity contribution in [1.82, 2.24) is 15.0 Å². The van der Waals surface area contributed by atoms with E-state index in [1.165, 1.54) is 12.6 Å². The molecule has 0 saturated carbocycles. The molecule has 0 spiro atoms. The van der Waals surface area contributed by atoms with E-state index >= 15 is 0 Å². The van der Waals surface area contributed by atoms with Gasteiger partial charge in [-0.05, 0) is 38.3 Å². The SMILES string of the molecule is CC1CCCCN1c1nc(-c2cccnc2)ncc1C(=O)O. The van der Waals surface area contributed by atoms with E-state index in [-0.39, 0.29) is 11.6 Å². The molecule has 2 aromatic heterocycles. The minimum absolute atomic E-state index is 0.154. The zero-order valence-corrected chi connectivity index (χ0v) is 12.4. The molecule has 1 aliphatic rings. The highest BCUT2D eigenvalue weighted by Gasteiger charge is 2.25. The molecule has 0 aromatic carbocycles. The lowest BCUT2D eigenvalue weighted by atomic mass is 10.0. The number of carboxylic acids is 1. The number of piperidine rings is 1. The molecule has 1 unspecified atom stereocenters. The van der Waals surface area contributed by atoms with Crippen LogP contribution in [0.2, 0.25) is 0 Å². The lowest BCUT2D eigenvalue weighted by Crippen LogP contribution is -2.39. The molecule has 3 heterocycles. The molecule has 1 saturated heterocycles. The molecule has 1 atom stereocenters. The van der Waals surface area contributed by atoms with Crippen molar-refractivity contribution in [2.24, 2.45) is 0 Å². The van der Waals surface area contributed by atoms with Crippen molar-refractivity contribution >= 4 is 11.8 Å². The number of hydrogen-bond donors (Lipinski definition) is 1. The number of anilines is 1. The topological polar surface area (TPSA) is 79.2 Å². The average molecular weight is 298 g/mol. The lowest BCUT2D eigenvalue weighted by molar-refractivity contribution is 0.0696. The summed E-state index contributed by atoms with van der Waals surface area (Å²) in [5.41, 5.74) is 0.937. The van der Waals surface area contributed by atoms with Gasteiger partial charge in [0.25, 0.3) is 0 Å². The van der Waals surface area contributed by atoms with Gasteiger partial charge in [-0.25, -0.2) is 14.8 Å². The van der Waals surface area contributed by atoms with E-state index in [9.17, 15) is 9.90 Å². The van der Waals surface area contributed by atoms with E-state index in [2.05, 4.69) is 26.8 Å². The Morgan fingerprint density at radius 3 is 2.91 bits per heavy atom. The zero-order valence-electron chi connectivity index (χ0n) is 12.4. The summed E-state index contributed by atoms with van der Waals surface area (Å²) in [6.07, 6.45) is 8.03. The Labute approximate surface area is 128 Å². The van der Waals surface area contributed by atoms with Gasteiger partial charge in [0.05, 0.1) is 0 Å². The van der Waals surface area contributed by atoms with Crippen molar-refractivity contribution < 1.29 is 9.90 Å². The van der Waals surface area contributed by atoms with E-state index in [1.54, 1.807) is 12.4 Å². The maximum absolute atomic E-state index is 11.5. The molecule has 0 bridgehead atoms. The van der Waals surface area contributed by atoms with Crippen molar-refractivity contribution in [3.05, 3.63) is 36.3 Å². The number of carbonyl (C=O) groups is 1. The predicted molar refractivity (Wildman–Crippen MR) is 82.9 cm³/mol. The van der Waals surface area contributed by atoms with E-state index in [0.29, 0.717) is 11.6 Å². The highest BCUT2D eigenvalue weighted by Crippen LogP contribution is 2.27. The van der Waals surface area contributed by atoms with Gasteiger partial charge in [-0.15, -0.1) is 0 Å². The number of rotatable bonds is 3. The standard InChI is InChI=1S/C16H18N4O2/c1-11-5-2-3-8-20(11)15-13(16(21)22)10-18-14(19-15)12-6-4-7-17-9-12/h4,6-7,9-11H,2-3,5,8H2,1H3,(H,21,22). The van der Waals surface area contributed by atoms with Gasteiger partial charge in [0, 0.05) is 36.7 Å². The Kier molecular flexibility index (Phi) is 4.00. The van der Waals surface area contributed by atoms with Gasteiger partial charge in [0.15, 0.2) is 5.82 Å². The first-order chi connectivity index (χ1) is 10.7. The molecule has 22 heavy (non-hydrogen) atoms. The molecule has 6 heteroatoms. The van der Waals surface area contributed by atoms with Crippen molar-refractivity contribution in [2.75, 3.05) is 11.4 Å². The molecule has 1 aliphatic heterocycles. The van der Waals surface area contributed by atoms with Gasteiger partial charge in [-0.3, -0.25) is 4.98 Å². The molecule has 1 N–H and O–H groups in total. The van der Waals surface area contributed by atoms with Gasteiger partial charge >= 0.3 is 5.97 Å². The fourth-order valence-electron chi connectivity index (χ4n) is 2.79. The first-order valence-electron chi connectivity index (χ1n) is 7.44. The molecule has 0 radical (unpaired) electrons. The summed E-state index contributed by atoms with van der Waals surface area (Å²) in [6.45, 7) is 2.93. The van der Waals surface area contributed by atoms with Crippen LogP contribution in [0.3, 0.4) is 0 Å². The quantitative estimate of drug-likeness (QED) is 0.938. The first kappa shape index (κ1) is 14.4. The van der Waals surface area contributed by atoms with Gasteiger partial charge < -0.3 is 10.0 Å². The van der Waals surface area contributed by atoms with Crippen LogP contribution < -0.4 is 4.90 Å². The van der Waals surface area contributed by atoms with E-state index in [4.69, 9.17) is 0 Å². The number of nitrogens with zero attached hydrogens (tertiary/aromatic N) is 4. The molecule has 114 valence electrons. The van der Waals surface area contributed by atoms with Crippen LogP contribution in [0.25, 0.3) is 11.4 Å². The number of aromatic nitrogens is 3.